The SMILES string of the molecule is CCCN(CCC)Cc1ccc(COc2ccccc2-c2nnc(C#Cc3cccnc3)o2)cc1. The van der Waals surface area contributed by atoms with E-state index >= 15 is 0 Å². The summed E-state index contributed by atoms with van der Waals surface area (Å²) >= 11 is 0. The van der Waals surface area contributed by atoms with Crippen LogP contribution in [0.4, 0.5) is 0 Å². The zero-order valence-corrected chi connectivity index (χ0v) is 20.3. The molecule has 0 fully saturated rings. The molecule has 0 atom stereocenters. The molecule has 0 amide bonds. The third-order valence-corrected chi connectivity index (χ3v) is 5.42. The van der Waals surface area contributed by atoms with Crippen molar-refractivity contribution in [1.29, 1.82) is 0 Å². The fraction of sp³-hybridized carbons (Fsp3) is 0.276. The van der Waals surface area contributed by atoms with Crippen LogP contribution < -0.4 is 4.74 Å². The van der Waals surface area contributed by atoms with Crippen LogP contribution in [0.2, 0.25) is 0 Å². The lowest BCUT2D eigenvalue weighted by atomic mass is 10.1. The van der Waals surface area contributed by atoms with Crippen LogP contribution in [-0.4, -0.2) is 33.2 Å². The minimum atomic E-state index is 0.245. The normalized spacial score (nSPS) is 10.7. The first-order valence-electron chi connectivity index (χ1n) is 12.0. The average Bonchev–Trinajstić information content (AvgIpc) is 3.37. The second-order valence-corrected chi connectivity index (χ2v) is 8.28. The second-order valence-electron chi connectivity index (χ2n) is 8.28. The fourth-order valence-electron chi connectivity index (χ4n) is 3.78. The van der Waals surface area contributed by atoms with Gasteiger partial charge in [0.15, 0.2) is 0 Å². The van der Waals surface area contributed by atoms with E-state index in [0.29, 0.717) is 18.2 Å². The van der Waals surface area contributed by atoms with Crippen molar-refractivity contribution in [2.75, 3.05) is 13.1 Å². The Balaban J connectivity index is 1.40. The van der Waals surface area contributed by atoms with Crippen molar-refractivity contribution in [3.8, 4) is 29.0 Å². The van der Waals surface area contributed by atoms with E-state index in [-0.39, 0.29) is 5.89 Å². The summed E-state index contributed by atoms with van der Waals surface area (Å²) in [5.74, 6) is 7.17. The van der Waals surface area contributed by atoms with Crippen LogP contribution in [0.3, 0.4) is 0 Å². The Hall–Kier alpha value is -3.95. The van der Waals surface area contributed by atoms with E-state index in [1.54, 1.807) is 12.4 Å². The number of hydrogen-bond acceptors (Lipinski definition) is 6. The van der Waals surface area contributed by atoms with E-state index in [1.807, 2.05) is 36.4 Å². The number of pyridine rings is 1. The third-order valence-electron chi connectivity index (χ3n) is 5.42. The van der Waals surface area contributed by atoms with E-state index in [0.717, 1.165) is 36.3 Å². The van der Waals surface area contributed by atoms with Crippen LogP contribution in [0.15, 0.2) is 77.5 Å². The molecule has 0 aliphatic carbocycles. The van der Waals surface area contributed by atoms with Gasteiger partial charge in [0.1, 0.15) is 12.4 Å². The van der Waals surface area contributed by atoms with Gasteiger partial charge in [0, 0.05) is 24.5 Å². The first-order chi connectivity index (χ1) is 17.2. The van der Waals surface area contributed by atoms with Gasteiger partial charge in [0.2, 0.25) is 0 Å². The standard InChI is InChI=1S/C29H30N4O2/c1-3-18-33(19-4-2)21-24-11-13-25(14-12-24)22-34-27-10-6-5-9-26(27)29-32-31-28(35-29)16-15-23-8-7-17-30-20-23/h5-14,17,20H,3-4,18-19,21-22H2,1-2H3. The van der Waals surface area contributed by atoms with Gasteiger partial charge in [-0.05, 0) is 67.2 Å². The maximum Gasteiger partial charge on any atom is 0.294 e. The molecule has 6 nitrogen and oxygen atoms in total. The Kier molecular flexibility index (Phi) is 8.63. The number of rotatable bonds is 10. The van der Waals surface area contributed by atoms with E-state index in [1.165, 1.54) is 18.4 Å². The van der Waals surface area contributed by atoms with Crippen molar-refractivity contribution < 1.29 is 9.15 Å². The quantitative estimate of drug-likeness (QED) is 0.278. The maximum atomic E-state index is 6.13. The summed E-state index contributed by atoms with van der Waals surface area (Å²) in [4.78, 5) is 6.55. The van der Waals surface area contributed by atoms with Gasteiger partial charge in [-0.2, -0.15) is 0 Å². The largest absolute Gasteiger partial charge is 0.488 e. The topological polar surface area (TPSA) is 64.3 Å². The van der Waals surface area contributed by atoms with Crippen LogP contribution >= 0.6 is 0 Å². The molecule has 0 radical (unpaired) electrons. The van der Waals surface area contributed by atoms with Crippen LogP contribution in [0.1, 0.15) is 49.3 Å². The van der Waals surface area contributed by atoms with Crippen molar-refractivity contribution in [3.05, 3.63) is 95.6 Å². The van der Waals surface area contributed by atoms with Gasteiger partial charge in [-0.3, -0.25) is 9.88 Å². The molecule has 0 aliphatic rings. The number of aromatic nitrogens is 3. The Morgan fingerprint density at radius 3 is 2.37 bits per heavy atom. The molecule has 178 valence electrons. The van der Waals surface area contributed by atoms with Crippen LogP contribution in [0.5, 0.6) is 5.75 Å². The molecular formula is C29H30N4O2. The molecule has 4 rings (SSSR count). The molecule has 4 aromatic rings. The molecule has 0 saturated heterocycles. The van der Waals surface area contributed by atoms with Gasteiger partial charge in [0.05, 0.1) is 5.56 Å². The lowest BCUT2D eigenvalue weighted by Gasteiger charge is -2.21. The van der Waals surface area contributed by atoms with Gasteiger partial charge in [-0.1, -0.05) is 61.3 Å². The van der Waals surface area contributed by atoms with E-state index < -0.39 is 0 Å². The first-order valence-corrected chi connectivity index (χ1v) is 12.0. The Bertz CT molecular complexity index is 1250. The van der Waals surface area contributed by atoms with Crippen molar-refractivity contribution in [1.82, 2.24) is 20.1 Å². The molecule has 0 aliphatic heterocycles. The Labute approximate surface area is 207 Å². The molecule has 0 spiro atoms. The van der Waals surface area contributed by atoms with Crippen LogP contribution in [0, 0.1) is 11.8 Å². The molecule has 2 aromatic heterocycles. The summed E-state index contributed by atoms with van der Waals surface area (Å²) in [5.41, 5.74) is 3.95. The summed E-state index contributed by atoms with van der Waals surface area (Å²) in [6.45, 7) is 8.14. The minimum Gasteiger partial charge on any atom is -0.488 e. The minimum absolute atomic E-state index is 0.245. The summed E-state index contributed by atoms with van der Waals surface area (Å²) < 4.78 is 11.9. The van der Waals surface area contributed by atoms with Crippen molar-refractivity contribution in [2.24, 2.45) is 0 Å². The molecule has 35 heavy (non-hydrogen) atoms. The van der Waals surface area contributed by atoms with Crippen molar-refractivity contribution in [3.63, 3.8) is 0 Å². The lowest BCUT2D eigenvalue weighted by Crippen LogP contribution is -2.24. The van der Waals surface area contributed by atoms with Gasteiger partial charge in [-0.15, -0.1) is 5.10 Å². The van der Waals surface area contributed by atoms with E-state index in [4.69, 9.17) is 9.15 Å². The van der Waals surface area contributed by atoms with Crippen LogP contribution in [0.25, 0.3) is 11.5 Å². The number of nitrogens with zero attached hydrogens (tertiary/aromatic N) is 4. The van der Waals surface area contributed by atoms with E-state index in [9.17, 15) is 0 Å². The highest BCUT2D eigenvalue weighted by atomic mass is 16.5. The lowest BCUT2D eigenvalue weighted by molar-refractivity contribution is 0.266. The number of ether oxygens (including phenoxy) is 1. The molecular weight excluding hydrogens is 436 g/mol. The molecule has 6 heteroatoms. The summed E-state index contributed by atoms with van der Waals surface area (Å²) in [6, 6.07) is 20.0. The first kappa shape index (κ1) is 24.2. The molecule has 0 unspecified atom stereocenters. The summed E-state index contributed by atoms with van der Waals surface area (Å²) in [7, 11) is 0. The zero-order chi connectivity index (χ0) is 24.3. The fourth-order valence-corrected chi connectivity index (χ4v) is 3.78. The van der Waals surface area contributed by atoms with Crippen molar-refractivity contribution in [2.45, 2.75) is 39.8 Å². The molecule has 0 N–H and O–H groups in total. The molecule has 2 aromatic carbocycles. The van der Waals surface area contributed by atoms with E-state index in [2.05, 4.69) is 70.0 Å². The Morgan fingerprint density at radius 1 is 0.857 bits per heavy atom. The predicted molar refractivity (Wildman–Crippen MR) is 137 cm³/mol. The number of benzene rings is 2. The monoisotopic (exact) mass is 466 g/mol. The smallest absolute Gasteiger partial charge is 0.294 e. The highest BCUT2D eigenvalue weighted by molar-refractivity contribution is 5.62. The number of hydrogen-bond donors (Lipinski definition) is 0. The van der Waals surface area contributed by atoms with Gasteiger partial charge >= 0.3 is 0 Å². The predicted octanol–water partition coefficient (Wildman–Crippen LogP) is 5.73. The van der Waals surface area contributed by atoms with Crippen LogP contribution in [-0.2, 0) is 13.2 Å². The average molecular weight is 467 g/mol. The summed E-state index contributed by atoms with van der Waals surface area (Å²) in [6.07, 6.45) is 5.73. The Morgan fingerprint density at radius 2 is 1.63 bits per heavy atom. The molecule has 0 saturated carbocycles. The maximum absolute atomic E-state index is 6.13. The highest BCUT2D eigenvalue weighted by Gasteiger charge is 2.13. The molecule has 2 heterocycles. The number of para-hydroxylation sites is 1. The van der Waals surface area contributed by atoms with Crippen molar-refractivity contribution >= 4 is 0 Å². The third kappa shape index (κ3) is 7.02. The second kappa shape index (κ2) is 12.5. The molecule has 0 bridgehead atoms. The zero-order valence-electron chi connectivity index (χ0n) is 20.3. The van der Waals surface area contributed by atoms with Gasteiger partial charge in [-0.25, -0.2) is 0 Å². The highest BCUT2D eigenvalue weighted by Crippen LogP contribution is 2.29. The van der Waals surface area contributed by atoms with Gasteiger partial charge < -0.3 is 9.15 Å². The van der Waals surface area contributed by atoms with Gasteiger partial charge in [0.25, 0.3) is 11.8 Å². The summed E-state index contributed by atoms with van der Waals surface area (Å²) in [5, 5.41) is 8.22.